The molecule has 0 aliphatic rings. The van der Waals surface area contributed by atoms with Gasteiger partial charge in [0.2, 0.25) is 0 Å². The predicted octanol–water partition coefficient (Wildman–Crippen LogP) is 3.61. The highest BCUT2D eigenvalue weighted by molar-refractivity contribution is 7.92. The zero-order chi connectivity index (χ0) is 23.1. The molecule has 0 heterocycles. The van der Waals surface area contributed by atoms with Crippen LogP contribution in [-0.2, 0) is 10.0 Å². The van der Waals surface area contributed by atoms with Gasteiger partial charge in [-0.3, -0.25) is 25.2 Å². The van der Waals surface area contributed by atoms with E-state index in [2.05, 4.69) is 15.6 Å². The summed E-state index contributed by atoms with van der Waals surface area (Å²) in [6, 6.07) is 18.4. The van der Waals surface area contributed by atoms with E-state index in [1.807, 2.05) is 6.92 Å². The topological polar surface area (TPSA) is 114 Å². The monoisotopic (exact) mass is 473 g/mol. The van der Waals surface area contributed by atoms with E-state index in [0.29, 0.717) is 23.6 Å². The summed E-state index contributed by atoms with van der Waals surface area (Å²) in [5.74, 6) is -0.688. The molecule has 0 spiro atoms. The number of halogens is 1. The Balaban J connectivity index is 1.73. The van der Waals surface area contributed by atoms with E-state index in [4.69, 9.17) is 16.3 Å². The first kappa shape index (κ1) is 23.1. The Morgan fingerprint density at radius 1 is 0.906 bits per heavy atom. The van der Waals surface area contributed by atoms with E-state index in [-0.39, 0.29) is 15.5 Å². The largest absolute Gasteiger partial charge is 0.494 e. The third-order valence-electron chi connectivity index (χ3n) is 4.24. The van der Waals surface area contributed by atoms with Gasteiger partial charge in [-0.15, -0.1) is 0 Å². The molecule has 3 N–H and O–H groups in total. The van der Waals surface area contributed by atoms with Gasteiger partial charge in [-0.05, 0) is 61.5 Å². The molecule has 0 radical (unpaired) electrons. The minimum Gasteiger partial charge on any atom is -0.494 e. The molecule has 0 saturated heterocycles. The molecule has 2 amide bonds. The predicted molar refractivity (Wildman–Crippen MR) is 121 cm³/mol. The highest BCUT2D eigenvalue weighted by Gasteiger charge is 2.19. The molecule has 0 atom stereocenters. The van der Waals surface area contributed by atoms with E-state index in [9.17, 15) is 18.0 Å². The van der Waals surface area contributed by atoms with Crippen LogP contribution in [0.15, 0.2) is 77.7 Å². The first-order valence-electron chi connectivity index (χ1n) is 9.51. The van der Waals surface area contributed by atoms with Crippen LogP contribution in [0.1, 0.15) is 27.6 Å². The number of benzene rings is 3. The van der Waals surface area contributed by atoms with Crippen LogP contribution < -0.4 is 20.3 Å². The summed E-state index contributed by atoms with van der Waals surface area (Å²) in [7, 11) is -4.00. The number of hydrogen-bond donors (Lipinski definition) is 3. The Kier molecular flexibility index (Phi) is 7.34. The van der Waals surface area contributed by atoms with E-state index >= 15 is 0 Å². The fraction of sp³-hybridized carbons (Fsp3) is 0.0909. The van der Waals surface area contributed by atoms with Crippen molar-refractivity contribution in [3.63, 3.8) is 0 Å². The molecule has 3 rings (SSSR count). The molecule has 10 heteroatoms. The van der Waals surface area contributed by atoms with E-state index in [1.54, 1.807) is 54.6 Å². The van der Waals surface area contributed by atoms with E-state index < -0.39 is 21.8 Å². The van der Waals surface area contributed by atoms with Crippen molar-refractivity contribution < 1.29 is 22.7 Å². The minimum absolute atomic E-state index is 0.0245. The molecular formula is C22H20ClN3O5S. The molecule has 0 aromatic heterocycles. The van der Waals surface area contributed by atoms with Gasteiger partial charge in [0.1, 0.15) is 5.75 Å². The maximum absolute atomic E-state index is 12.8. The lowest BCUT2D eigenvalue weighted by molar-refractivity contribution is 0.0846. The van der Waals surface area contributed by atoms with Crippen molar-refractivity contribution in [3.05, 3.63) is 88.9 Å². The van der Waals surface area contributed by atoms with Gasteiger partial charge >= 0.3 is 0 Å². The maximum Gasteiger partial charge on any atom is 0.271 e. The van der Waals surface area contributed by atoms with Crippen molar-refractivity contribution in [1.82, 2.24) is 10.9 Å². The Hall–Kier alpha value is -3.56. The lowest BCUT2D eigenvalue weighted by Crippen LogP contribution is -2.41. The van der Waals surface area contributed by atoms with Gasteiger partial charge in [0.15, 0.2) is 0 Å². The molecule has 0 aliphatic heterocycles. The molecule has 0 saturated carbocycles. The van der Waals surface area contributed by atoms with Crippen LogP contribution in [0, 0.1) is 0 Å². The molecule has 3 aromatic rings. The van der Waals surface area contributed by atoms with Crippen LogP contribution in [0.2, 0.25) is 5.02 Å². The molecule has 8 nitrogen and oxygen atoms in total. The SMILES string of the molecule is CCOc1ccc(NS(=O)(=O)c2ccc(Cl)c(C(=O)NNC(=O)c3ccccc3)c2)cc1. The van der Waals surface area contributed by atoms with Crippen molar-refractivity contribution in [2.75, 3.05) is 11.3 Å². The Bertz CT molecular complexity index is 1220. The number of nitrogens with one attached hydrogen (secondary N) is 3. The van der Waals surface area contributed by atoms with Crippen molar-refractivity contribution in [3.8, 4) is 5.75 Å². The summed E-state index contributed by atoms with van der Waals surface area (Å²) >= 11 is 6.08. The number of ether oxygens (including phenoxy) is 1. The average Bonchev–Trinajstić information content (AvgIpc) is 2.79. The molecule has 0 bridgehead atoms. The van der Waals surface area contributed by atoms with Gasteiger partial charge in [0.25, 0.3) is 21.8 Å². The third-order valence-corrected chi connectivity index (χ3v) is 5.94. The first-order valence-corrected chi connectivity index (χ1v) is 11.4. The summed E-state index contributed by atoms with van der Waals surface area (Å²) in [5.41, 5.74) is 5.05. The number of carbonyl (C=O) groups excluding carboxylic acids is 2. The summed E-state index contributed by atoms with van der Waals surface area (Å²) in [5, 5.41) is 0.0245. The lowest BCUT2D eigenvalue weighted by atomic mass is 10.2. The highest BCUT2D eigenvalue weighted by atomic mass is 35.5. The highest BCUT2D eigenvalue weighted by Crippen LogP contribution is 2.23. The van der Waals surface area contributed by atoms with Gasteiger partial charge < -0.3 is 4.74 Å². The molecule has 0 unspecified atom stereocenters. The van der Waals surface area contributed by atoms with E-state index in [1.165, 1.54) is 12.1 Å². The fourth-order valence-corrected chi connectivity index (χ4v) is 3.98. The average molecular weight is 474 g/mol. The zero-order valence-corrected chi connectivity index (χ0v) is 18.5. The Morgan fingerprint density at radius 3 is 2.22 bits per heavy atom. The van der Waals surface area contributed by atoms with Gasteiger partial charge in [0, 0.05) is 11.3 Å². The van der Waals surface area contributed by atoms with Gasteiger partial charge in [-0.25, -0.2) is 8.42 Å². The number of amides is 2. The number of hydrazine groups is 1. The lowest BCUT2D eigenvalue weighted by Gasteiger charge is -2.12. The van der Waals surface area contributed by atoms with Gasteiger partial charge in [-0.1, -0.05) is 29.8 Å². The smallest absolute Gasteiger partial charge is 0.271 e. The standard InChI is InChI=1S/C22H20ClN3O5S/c1-2-31-17-10-8-16(9-11-17)26-32(29,30)18-12-13-20(23)19(14-18)22(28)25-24-21(27)15-6-4-3-5-7-15/h3-14,26H,2H2,1H3,(H,24,27)(H,25,28). The van der Waals surface area contributed by atoms with Crippen molar-refractivity contribution >= 4 is 39.1 Å². The fourth-order valence-electron chi connectivity index (χ4n) is 2.69. The normalized spacial score (nSPS) is 10.8. The van der Waals surface area contributed by atoms with Crippen LogP contribution in [-0.4, -0.2) is 26.8 Å². The molecule has 32 heavy (non-hydrogen) atoms. The first-order chi connectivity index (χ1) is 15.3. The summed E-state index contributed by atoms with van der Waals surface area (Å²) < 4.78 is 33.3. The Labute approximate surface area is 190 Å². The maximum atomic E-state index is 12.8. The summed E-state index contributed by atoms with van der Waals surface area (Å²) in [6.45, 7) is 2.34. The molecule has 166 valence electrons. The second kappa shape index (κ2) is 10.2. The van der Waals surface area contributed by atoms with Crippen LogP contribution in [0.5, 0.6) is 5.75 Å². The van der Waals surface area contributed by atoms with Gasteiger partial charge in [0.05, 0.1) is 22.1 Å². The van der Waals surface area contributed by atoms with Crippen LogP contribution >= 0.6 is 11.6 Å². The number of rotatable bonds is 7. The third kappa shape index (κ3) is 5.77. The summed E-state index contributed by atoms with van der Waals surface area (Å²) in [4.78, 5) is 24.4. The van der Waals surface area contributed by atoms with Crippen molar-refractivity contribution in [2.24, 2.45) is 0 Å². The minimum atomic E-state index is -4.00. The quantitative estimate of drug-likeness (QED) is 0.453. The van der Waals surface area contributed by atoms with Crippen LogP contribution in [0.25, 0.3) is 0 Å². The second-order valence-electron chi connectivity index (χ2n) is 6.48. The van der Waals surface area contributed by atoms with Crippen LogP contribution in [0.3, 0.4) is 0 Å². The number of carbonyl (C=O) groups is 2. The van der Waals surface area contributed by atoms with Crippen molar-refractivity contribution in [1.29, 1.82) is 0 Å². The van der Waals surface area contributed by atoms with Crippen molar-refractivity contribution in [2.45, 2.75) is 11.8 Å². The van der Waals surface area contributed by atoms with Gasteiger partial charge in [-0.2, -0.15) is 0 Å². The second-order valence-corrected chi connectivity index (χ2v) is 8.57. The molecular weight excluding hydrogens is 454 g/mol. The zero-order valence-electron chi connectivity index (χ0n) is 17.0. The number of anilines is 1. The number of hydrogen-bond acceptors (Lipinski definition) is 5. The van der Waals surface area contributed by atoms with Crippen LogP contribution in [0.4, 0.5) is 5.69 Å². The molecule has 3 aromatic carbocycles. The number of sulfonamides is 1. The van der Waals surface area contributed by atoms with E-state index in [0.717, 1.165) is 6.07 Å². The Morgan fingerprint density at radius 2 is 1.56 bits per heavy atom. The summed E-state index contributed by atoms with van der Waals surface area (Å²) in [6.07, 6.45) is 0. The molecule has 0 aliphatic carbocycles. The molecule has 0 fully saturated rings.